The third-order valence-electron chi connectivity index (χ3n) is 5.25. The number of anilines is 1. The standard InChI is InChI=1S/C22H19N3O3S3/c1-14-4-9-18-19(11-14)30-22(24-18)15-5-7-17(8-6-15)23-21(26)16-12-25(13-16)31(27,28)20-3-2-10-29-20/h2-11,16H,12-13H2,1H3,(H,23,26). The van der Waals surface area contributed by atoms with Gasteiger partial charge in [-0.2, -0.15) is 4.31 Å². The van der Waals surface area contributed by atoms with E-state index >= 15 is 0 Å². The van der Waals surface area contributed by atoms with Crippen LogP contribution in [0.5, 0.6) is 0 Å². The van der Waals surface area contributed by atoms with Gasteiger partial charge in [-0.1, -0.05) is 12.1 Å². The smallest absolute Gasteiger partial charge is 0.252 e. The van der Waals surface area contributed by atoms with Crippen LogP contribution in [0.25, 0.3) is 20.8 Å². The van der Waals surface area contributed by atoms with E-state index in [9.17, 15) is 13.2 Å². The first-order valence-corrected chi connectivity index (χ1v) is 12.9. The highest BCUT2D eigenvalue weighted by Crippen LogP contribution is 2.32. The van der Waals surface area contributed by atoms with Crippen LogP contribution in [-0.4, -0.2) is 36.7 Å². The minimum absolute atomic E-state index is 0.166. The molecule has 4 aromatic rings. The molecule has 3 heterocycles. The van der Waals surface area contributed by atoms with Crippen LogP contribution in [0.1, 0.15) is 5.56 Å². The Morgan fingerprint density at radius 1 is 1.13 bits per heavy atom. The summed E-state index contributed by atoms with van der Waals surface area (Å²) in [5.74, 6) is -0.511. The van der Waals surface area contributed by atoms with Gasteiger partial charge in [0.05, 0.1) is 16.1 Å². The van der Waals surface area contributed by atoms with Crippen LogP contribution in [0.3, 0.4) is 0 Å². The number of rotatable bonds is 5. The van der Waals surface area contributed by atoms with Crippen molar-refractivity contribution >= 4 is 54.5 Å². The van der Waals surface area contributed by atoms with Gasteiger partial charge in [-0.25, -0.2) is 13.4 Å². The molecule has 31 heavy (non-hydrogen) atoms. The van der Waals surface area contributed by atoms with E-state index in [1.54, 1.807) is 28.8 Å². The molecule has 0 aliphatic carbocycles. The first-order chi connectivity index (χ1) is 14.9. The molecule has 2 aromatic carbocycles. The predicted octanol–water partition coefficient (Wildman–Crippen LogP) is 4.59. The second-order valence-corrected chi connectivity index (χ2v) is 11.7. The van der Waals surface area contributed by atoms with E-state index < -0.39 is 10.0 Å². The fourth-order valence-corrected chi connectivity index (χ4v) is 7.18. The van der Waals surface area contributed by atoms with Gasteiger partial charge in [0.15, 0.2) is 0 Å². The number of benzene rings is 2. The molecule has 6 nitrogen and oxygen atoms in total. The van der Waals surface area contributed by atoms with Crippen LogP contribution in [-0.2, 0) is 14.8 Å². The van der Waals surface area contributed by atoms with Crippen molar-refractivity contribution in [2.24, 2.45) is 5.92 Å². The highest BCUT2D eigenvalue weighted by molar-refractivity contribution is 7.91. The zero-order valence-electron chi connectivity index (χ0n) is 16.6. The van der Waals surface area contributed by atoms with E-state index in [1.165, 1.54) is 21.2 Å². The maximum atomic E-state index is 12.5. The molecule has 0 unspecified atom stereocenters. The van der Waals surface area contributed by atoms with Gasteiger partial charge in [-0.05, 0) is 60.3 Å². The summed E-state index contributed by atoms with van der Waals surface area (Å²) in [5.41, 5.74) is 3.87. The SMILES string of the molecule is Cc1ccc2nc(-c3ccc(NC(=O)C4CN(S(=O)(=O)c5cccs5)C4)cc3)sc2c1. The third kappa shape index (κ3) is 3.89. The Bertz CT molecular complexity index is 1350. The van der Waals surface area contributed by atoms with Crippen LogP contribution < -0.4 is 5.32 Å². The van der Waals surface area contributed by atoms with E-state index in [0.29, 0.717) is 9.90 Å². The summed E-state index contributed by atoms with van der Waals surface area (Å²) in [5, 5.41) is 5.56. The van der Waals surface area contributed by atoms with Crippen LogP contribution in [0, 0.1) is 12.8 Å². The number of hydrogen-bond acceptors (Lipinski definition) is 6. The molecule has 0 bridgehead atoms. The van der Waals surface area contributed by atoms with Crippen molar-refractivity contribution in [3.63, 3.8) is 0 Å². The highest BCUT2D eigenvalue weighted by atomic mass is 32.2. The van der Waals surface area contributed by atoms with Crippen molar-refractivity contribution in [2.45, 2.75) is 11.1 Å². The van der Waals surface area contributed by atoms with Gasteiger partial charge in [-0.3, -0.25) is 4.79 Å². The number of fused-ring (bicyclic) bond motifs is 1. The Balaban J connectivity index is 1.22. The molecule has 1 saturated heterocycles. The molecule has 0 saturated carbocycles. The lowest BCUT2D eigenvalue weighted by Gasteiger charge is -2.36. The number of hydrogen-bond donors (Lipinski definition) is 1. The van der Waals surface area contributed by atoms with Gasteiger partial charge in [-0.15, -0.1) is 22.7 Å². The fourth-order valence-electron chi connectivity index (χ4n) is 3.43. The maximum Gasteiger partial charge on any atom is 0.252 e. The van der Waals surface area contributed by atoms with Crippen molar-refractivity contribution in [3.8, 4) is 10.6 Å². The van der Waals surface area contributed by atoms with E-state index in [-0.39, 0.29) is 24.9 Å². The molecule has 5 rings (SSSR count). The van der Waals surface area contributed by atoms with Crippen LogP contribution in [0.15, 0.2) is 64.2 Å². The molecule has 2 aromatic heterocycles. The monoisotopic (exact) mass is 469 g/mol. The average molecular weight is 470 g/mol. The minimum Gasteiger partial charge on any atom is -0.326 e. The zero-order valence-corrected chi connectivity index (χ0v) is 19.1. The van der Waals surface area contributed by atoms with Crippen LogP contribution in [0.2, 0.25) is 0 Å². The Morgan fingerprint density at radius 2 is 1.90 bits per heavy atom. The van der Waals surface area contributed by atoms with E-state index in [0.717, 1.165) is 20.8 Å². The minimum atomic E-state index is -3.48. The molecule has 1 aliphatic heterocycles. The molecular formula is C22H19N3O3S3. The number of thiazole rings is 1. The summed E-state index contributed by atoms with van der Waals surface area (Å²) in [7, 11) is -3.48. The Kier molecular flexibility index (Phi) is 5.13. The first-order valence-electron chi connectivity index (χ1n) is 9.72. The zero-order chi connectivity index (χ0) is 21.6. The van der Waals surface area contributed by atoms with Crippen molar-refractivity contribution in [1.29, 1.82) is 0 Å². The van der Waals surface area contributed by atoms with Gasteiger partial charge in [0.1, 0.15) is 9.22 Å². The summed E-state index contributed by atoms with van der Waals surface area (Å²) in [6.45, 7) is 2.47. The number of nitrogens with zero attached hydrogens (tertiary/aromatic N) is 2. The van der Waals surface area contributed by atoms with Crippen molar-refractivity contribution in [2.75, 3.05) is 18.4 Å². The largest absolute Gasteiger partial charge is 0.326 e. The molecule has 0 radical (unpaired) electrons. The van der Waals surface area contributed by atoms with Crippen molar-refractivity contribution < 1.29 is 13.2 Å². The van der Waals surface area contributed by atoms with Crippen molar-refractivity contribution in [3.05, 3.63) is 65.5 Å². The van der Waals surface area contributed by atoms with Gasteiger partial charge in [0.2, 0.25) is 5.91 Å². The van der Waals surface area contributed by atoms with E-state index in [1.807, 2.05) is 30.3 Å². The summed E-state index contributed by atoms with van der Waals surface area (Å²) >= 11 is 2.83. The average Bonchev–Trinajstić information content (AvgIpc) is 3.37. The number of amides is 1. The van der Waals surface area contributed by atoms with E-state index in [4.69, 9.17) is 0 Å². The van der Waals surface area contributed by atoms with Crippen LogP contribution >= 0.6 is 22.7 Å². The Morgan fingerprint density at radius 3 is 2.61 bits per heavy atom. The first kappa shape index (κ1) is 20.3. The van der Waals surface area contributed by atoms with Crippen LogP contribution in [0.4, 0.5) is 5.69 Å². The molecule has 158 valence electrons. The van der Waals surface area contributed by atoms with Gasteiger partial charge >= 0.3 is 0 Å². The molecule has 1 fully saturated rings. The normalized spacial score (nSPS) is 15.1. The van der Waals surface area contributed by atoms with E-state index in [2.05, 4.69) is 29.4 Å². The van der Waals surface area contributed by atoms with Gasteiger partial charge in [0, 0.05) is 24.3 Å². The lowest BCUT2D eigenvalue weighted by molar-refractivity contribution is -0.122. The summed E-state index contributed by atoms with van der Waals surface area (Å²) in [6.07, 6.45) is 0. The number of thiophene rings is 1. The lowest BCUT2D eigenvalue weighted by Crippen LogP contribution is -2.54. The maximum absolute atomic E-state index is 12.5. The molecule has 0 spiro atoms. The van der Waals surface area contributed by atoms with Gasteiger partial charge in [0.25, 0.3) is 10.0 Å². The second-order valence-electron chi connectivity index (χ2n) is 7.51. The fraction of sp³-hybridized carbons (Fsp3) is 0.182. The topological polar surface area (TPSA) is 79.4 Å². The number of aromatic nitrogens is 1. The lowest BCUT2D eigenvalue weighted by atomic mass is 10.0. The molecule has 9 heteroatoms. The molecule has 0 atom stereocenters. The summed E-state index contributed by atoms with van der Waals surface area (Å²) in [6, 6.07) is 17.1. The predicted molar refractivity (Wildman–Crippen MR) is 125 cm³/mol. The molecular weight excluding hydrogens is 450 g/mol. The Hall–Kier alpha value is -2.59. The highest BCUT2D eigenvalue weighted by Gasteiger charge is 2.40. The molecule has 1 N–H and O–H groups in total. The second kappa shape index (κ2) is 7.83. The molecule has 1 amide bonds. The summed E-state index contributed by atoms with van der Waals surface area (Å²) in [4.78, 5) is 17.2. The number of nitrogens with one attached hydrogen (secondary N) is 1. The number of carbonyl (C=O) groups is 1. The molecule has 1 aliphatic rings. The Labute approximate surface area is 188 Å². The number of aryl methyl sites for hydroxylation is 1. The van der Waals surface area contributed by atoms with Crippen molar-refractivity contribution in [1.82, 2.24) is 9.29 Å². The number of sulfonamides is 1. The quantitative estimate of drug-likeness (QED) is 0.464. The third-order valence-corrected chi connectivity index (χ3v) is 9.52. The van der Waals surface area contributed by atoms with Gasteiger partial charge < -0.3 is 5.32 Å². The number of carbonyl (C=O) groups excluding carboxylic acids is 1. The summed E-state index contributed by atoms with van der Waals surface area (Å²) < 4.78 is 27.7.